The van der Waals surface area contributed by atoms with Crippen LogP contribution in [0, 0.1) is 0 Å². The molecule has 162 valence electrons. The molecule has 2 atom stereocenters. The molecule has 2 unspecified atom stereocenters. The predicted octanol–water partition coefficient (Wildman–Crippen LogP) is -5.27. The lowest BCUT2D eigenvalue weighted by molar-refractivity contribution is -0.448. The second kappa shape index (κ2) is 9.86. The van der Waals surface area contributed by atoms with Gasteiger partial charge in [0.05, 0.1) is 11.1 Å². The van der Waals surface area contributed by atoms with Gasteiger partial charge in [-0.25, -0.2) is 0 Å². The fourth-order valence-corrected chi connectivity index (χ4v) is 4.85. The number of hydrogen-bond acceptors (Lipinski definition) is 3. The molecular weight excluding hydrogens is 447 g/mol. The van der Waals surface area contributed by atoms with Gasteiger partial charge in [0.15, 0.2) is 0 Å². The van der Waals surface area contributed by atoms with Gasteiger partial charge < -0.3 is 24.8 Å². The van der Waals surface area contributed by atoms with Crippen LogP contribution in [0.2, 0.25) is 0 Å². The highest BCUT2D eigenvalue weighted by molar-refractivity contribution is 7.18. The summed E-state index contributed by atoms with van der Waals surface area (Å²) >= 11 is 1.84. The second-order valence-electron chi connectivity index (χ2n) is 7.92. The molecule has 3 aromatic rings. The van der Waals surface area contributed by atoms with Gasteiger partial charge in [-0.05, 0) is 61.4 Å². The summed E-state index contributed by atoms with van der Waals surface area (Å²) in [6.45, 7) is 6.34. The Bertz CT molecular complexity index is 1000. The lowest BCUT2D eigenvalue weighted by Crippen LogP contribution is -3.00. The Balaban J connectivity index is 0.00000136. The van der Waals surface area contributed by atoms with Gasteiger partial charge in [-0.2, -0.15) is 0 Å². The van der Waals surface area contributed by atoms with Crippen molar-refractivity contribution in [3.63, 3.8) is 0 Å². The van der Waals surface area contributed by atoms with Crippen molar-refractivity contribution in [2.45, 2.75) is 25.9 Å². The molecule has 2 aliphatic heterocycles. The minimum Gasteiger partial charge on any atom is -1.00 e. The zero-order chi connectivity index (χ0) is 19.8. The summed E-state index contributed by atoms with van der Waals surface area (Å²) in [6.07, 6.45) is 0. The van der Waals surface area contributed by atoms with Crippen molar-refractivity contribution in [1.29, 1.82) is 0 Å². The summed E-state index contributed by atoms with van der Waals surface area (Å²) in [5.41, 5.74) is 4.95. The fraction of sp³-hybridized carbons (Fsp3) is 0.250. The van der Waals surface area contributed by atoms with Crippen LogP contribution in [-0.2, 0) is 0 Å². The van der Waals surface area contributed by atoms with Crippen molar-refractivity contribution in [2.24, 2.45) is 0 Å². The van der Waals surface area contributed by atoms with E-state index < -0.39 is 0 Å². The van der Waals surface area contributed by atoms with Gasteiger partial charge in [0, 0.05) is 9.75 Å². The quantitative estimate of drug-likeness (QED) is 0.306. The Kier molecular flexibility index (Phi) is 7.42. The average molecular weight is 473 g/mol. The van der Waals surface area contributed by atoms with Crippen molar-refractivity contribution in [1.82, 2.24) is 10.6 Å². The summed E-state index contributed by atoms with van der Waals surface area (Å²) in [6, 6.07) is 23.0. The van der Waals surface area contributed by atoms with Crippen molar-refractivity contribution in [2.75, 3.05) is 13.1 Å². The topological polar surface area (TPSA) is 52.0 Å². The molecule has 4 nitrogen and oxygen atoms in total. The molecule has 5 rings (SSSR count). The first-order chi connectivity index (χ1) is 14.2. The van der Waals surface area contributed by atoms with E-state index in [1.165, 1.54) is 32.0 Å². The highest BCUT2D eigenvalue weighted by Gasteiger charge is 2.22. The van der Waals surface area contributed by atoms with Crippen LogP contribution in [0.4, 0.5) is 0 Å². The van der Waals surface area contributed by atoms with E-state index >= 15 is 0 Å². The summed E-state index contributed by atoms with van der Waals surface area (Å²) in [5, 5.41) is 6.96. The zero-order valence-corrected chi connectivity index (χ0v) is 19.8. The number of halogens is 2. The number of rotatable bonds is 4. The molecule has 31 heavy (non-hydrogen) atoms. The molecule has 1 aromatic heterocycles. The third kappa shape index (κ3) is 4.95. The first-order valence-corrected chi connectivity index (χ1v) is 11.0. The van der Waals surface area contributed by atoms with Gasteiger partial charge >= 0.3 is 0 Å². The number of nitrogens with one attached hydrogen (secondary N) is 4. The average Bonchev–Trinajstić information content (AvgIpc) is 3.49. The van der Waals surface area contributed by atoms with Crippen molar-refractivity contribution in [3.8, 4) is 20.9 Å². The minimum atomic E-state index is 0. The smallest absolute Gasteiger partial charge is 0.275 e. The van der Waals surface area contributed by atoms with E-state index in [4.69, 9.17) is 0 Å². The van der Waals surface area contributed by atoms with Crippen molar-refractivity contribution in [3.05, 3.63) is 71.8 Å². The summed E-state index contributed by atoms with van der Waals surface area (Å²) < 4.78 is 0. The van der Waals surface area contributed by atoms with Crippen LogP contribution in [0.3, 0.4) is 0 Å². The van der Waals surface area contributed by atoms with E-state index in [1.807, 2.05) is 11.3 Å². The lowest BCUT2D eigenvalue weighted by atomic mass is 10.1. The molecule has 0 fully saturated rings. The molecule has 0 radical (unpaired) electrons. The molecule has 0 spiro atoms. The molecular formula is C24H26Cl2N4S. The number of amidine groups is 2. The lowest BCUT2D eigenvalue weighted by Gasteiger charge is -2.02. The summed E-state index contributed by atoms with van der Waals surface area (Å²) in [5.74, 6) is 2.27. The van der Waals surface area contributed by atoms with Crippen LogP contribution < -0.4 is 45.4 Å². The molecule has 0 bridgehead atoms. The third-order valence-electron chi connectivity index (χ3n) is 5.47. The summed E-state index contributed by atoms with van der Waals surface area (Å²) in [7, 11) is 0. The molecule has 3 heterocycles. The van der Waals surface area contributed by atoms with Crippen molar-refractivity contribution >= 4 is 23.0 Å². The van der Waals surface area contributed by atoms with Crippen LogP contribution >= 0.6 is 11.3 Å². The van der Waals surface area contributed by atoms with E-state index in [-0.39, 0.29) is 24.8 Å². The van der Waals surface area contributed by atoms with E-state index in [1.54, 1.807) is 0 Å². The standard InChI is InChI=1S/C24H24N4S.2ClH/c1-15-13-25-23(27-15)19-7-3-17(4-8-19)21-11-12-22(29-21)18-5-9-20(10-6-18)24-26-14-16(2)28-24;;/h3-12,15-16H,13-14H2,1-2H3,(H,25,27)(H,26,28);2*1H. The highest BCUT2D eigenvalue weighted by Crippen LogP contribution is 2.34. The molecule has 0 amide bonds. The number of thiophene rings is 1. The fourth-order valence-electron chi connectivity index (χ4n) is 3.83. The molecule has 2 aliphatic rings. The molecule has 7 heteroatoms. The van der Waals surface area contributed by atoms with Crippen LogP contribution in [0.5, 0.6) is 0 Å². The van der Waals surface area contributed by atoms with E-state index in [2.05, 4.69) is 95.1 Å². The van der Waals surface area contributed by atoms with Gasteiger partial charge in [0.25, 0.3) is 11.7 Å². The Morgan fingerprint density at radius 3 is 1.29 bits per heavy atom. The number of benzene rings is 2. The van der Waals surface area contributed by atoms with Gasteiger partial charge in [0.2, 0.25) is 0 Å². The largest absolute Gasteiger partial charge is 1.00 e. The third-order valence-corrected chi connectivity index (χ3v) is 6.66. The van der Waals surface area contributed by atoms with Crippen LogP contribution in [-0.4, -0.2) is 36.8 Å². The second-order valence-corrected chi connectivity index (χ2v) is 9.00. The minimum absolute atomic E-state index is 0. The maximum atomic E-state index is 3.48. The van der Waals surface area contributed by atoms with Crippen LogP contribution in [0.15, 0.2) is 60.7 Å². The van der Waals surface area contributed by atoms with Gasteiger partial charge in [-0.15, -0.1) is 11.3 Å². The molecule has 0 saturated heterocycles. The summed E-state index contributed by atoms with van der Waals surface area (Å²) in [4.78, 5) is 9.45. The Morgan fingerprint density at radius 2 is 0.968 bits per heavy atom. The Labute approximate surface area is 199 Å². The number of hydrogen-bond donors (Lipinski definition) is 4. The monoisotopic (exact) mass is 472 g/mol. The molecule has 2 aromatic carbocycles. The molecule has 0 aliphatic carbocycles. The highest BCUT2D eigenvalue weighted by atomic mass is 35.5. The van der Waals surface area contributed by atoms with Crippen LogP contribution in [0.25, 0.3) is 20.9 Å². The van der Waals surface area contributed by atoms with Crippen molar-refractivity contribution < 1.29 is 34.8 Å². The predicted molar refractivity (Wildman–Crippen MR) is 120 cm³/mol. The zero-order valence-electron chi connectivity index (χ0n) is 17.5. The van der Waals surface area contributed by atoms with Gasteiger partial charge in [0.1, 0.15) is 25.2 Å². The van der Waals surface area contributed by atoms with E-state index in [0.29, 0.717) is 12.1 Å². The first kappa shape index (κ1) is 23.3. The van der Waals surface area contributed by atoms with Gasteiger partial charge in [-0.1, -0.05) is 24.3 Å². The Morgan fingerprint density at radius 1 is 0.613 bits per heavy atom. The first-order valence-electron chi connectivity index (χ1n) is 10.2. The molecule has 4 N–H and O–H groups in total. The van der Waals surface area contributed by atoms with Crippen LogP contribution in [0.1, 0.15) is 25.0 Å². The maximum absolute atomic E-state index is 3.48. The Hall–Kier alpha value is -2.34. The van der Waals surface area contributed by atoms with E-state index in [0.717, 1.165) is 24.8 Å². The maximum Gasteiger partial charge on any atom is 0.275 e. The van der Waals surface area contributed by atoms with E-state index in [9.17, 15) is 0 Å². The SMILES string of the molecule is CC1C[NH+]=C(c2ccc(-c3ccc(-c4ccc(C5=[NH+]CC(C)N5)cc4)s3)cc2)N1.[Cl-].[Cl-]. The van der Waals surface area contributed by atoms with Gasteiger partial charge in [-0.3, -0.25) is 20.6 Å². The molecule has 0 saturated carbocycles. The normalized spacial score (nSPS) is 19.4.